The first-order valence-electron chi connectivity index (χ1n) is 5.04. The summed E-state index contributed by atoms with van der Waals surface area (Å²) in [6.07, 6.45) is 0. The maximum atomic E-state index is 12.7. The van der Waals surface area contributed by atoms with E-state index in [1.807, 2.05) is 11.8 Å². The van der Waals surface area contributed by atoms with Crippen LogP contribution in [0.4, 0.5) is 10.1 Å². The molecular formula is C11H17FN2O. The Hall–Kier alpha value is -1.13. The Kier molecular flexibility index (Phi) is 4.52. The monoisotopic (exact) mass is 212 g/mol. The van der Waals surface area contributed by atoms with Crippen LogP contribution < -0.4 is 10.6 Å². The lowest BCUT2D eigenvalue weighted by molar-refractivity contribution is 0.267. The normalized spacial score (nSPS) is 12.5. The Balaban J connectivity index is 2.69. The molecule has 84 valence electrons. The maximum Gasteiger partial charge on any atom is 0.123 e. The molecule has 15 heavy (non-hydrogen) atoms. The fourth-order valence-corrected chi connectivity index (χ4v) is 1.41. The molecule has 1 atom stereocenters. The smallest absolute Gasteiger partial charge is 0.123 e. The number of halogens is 1. The molecule has 3 N–H and O–H groups in total. The summed E-state index contributed by atoms with van der Waals surface area (Å²) in [6, 6.07) is 5.99. The molecule has 0 aromatic heterocycles. The highest BCUT2D eigenvalue weighted by molar-refractivity contribution is 5.46. The molecule has 0 aliphatic carbocycles. The van der Waals surface area contributed by atoms with Crippen molar-refractivity contribution in [1.82, 2.24) is 0 Å². The Bertz CT molecular complexity index is 289. The van der Waals surface area contributed by atoms with Gasteiger partial charge in [0.25, 0.3) is 0 Å². The lowest BCUT2D eigenvalue weighted by atomic mass is 10.2. The maximum absolute atomic E-state index is 12.7. The number of hydrogen-bond donors (Lipinski definition) is 2. The minimum atomic E-state index is -0.269. The molecule has 0 heterocycles. The molecule has 4 heteroatoms. The summed E-state index contributed by atoms with van der Waals surface area (Å²) in [7, 11) is 0. The second-order valence-electron chi connectivity index (χ2n) is 3.46. The van der Waals surface area contributed by atoms with E-state index in [0.29, 0.717) is 6.54 Å². The van der Waals surface area contributed by atoms with Crippen molar-refractivity contribution in [3.63, 3.8) is 0 Å². The molecular weight excluding hydrogens is 195 g/mol. The van der Waals surface area contributed by atoms with Crippen LogP contribution in [0.15, 0.2) is 24.3 Å². The lowest BCUT2D eigenvalue weighted by Crippen LogP contribution is -2.39. The van der Waals surface area contributed by atoms with Gasteiger partial charge in [-0.25, -0.2) is 4.39 Å². The van der Waals surface area contributed by atoms with Crippen molar-refractivity contribution in [3.8, 4) is 0 Å². The van der Waals surface area contributed by atoms with E-state index in [4.69, 9.17) is 10.8 Å². The number of nitrogens with two attached hydrogens (primary N) is 1. The SMILES string of the molecule is CCN(CC(N)CO)c1ccc(F)cc1. The average molecular weight is 212 g/mol. The predicted molar refractivity (Wildman–Crippen MR) is 59.3 cm³/mol. The summed E-state index contributed by atoms with van der Waals surface area (Å²) in [6.45, 7) is 3.29. The largest absolute Gasteiger partial charge is 0.395 e. The first-order chi connectivity index (χ1) is 7.17. The number of nitrogens with zero attached hydrogens (tertiary/aromatic N) is 1. The summed E-state index contributed by atoms with van der Waals surface area (Å²) >= 11 is 0. The van der Waals surface area contributed by atoms with E-state index in [1.165, 1.54) is 12.1 Å². The van der Waals surface area contributed by atoms with Gasteiger partial charge in [0.05, 0.1) is 6.61 Å². The van der Waals surface area contributed by atoms with Gasteiger partial charge in [0.2, 0.25) is 0 Å². The molecule has 0 saturated heterocycles. The van der Waals surface area contributed by atoms with Crippen LogP contribution in [0.5, 0.6) is 0 Å². The zero-order chi connectivity index (χ0) is 11.3. The Labute approximate surface area is 89.3 Å². The summed E-state index contributed by atoms with van der Waals surface area (Å²) < 4.78 is 12.7. The van der Waals surface area contributed by atoms with Crippen LogP contribution in [-0.4, -0.2) is 30.8 Å². The van der Waals surface area contributed by atoms with E-state index < -0.39 is 0 Å². The second kappa shape index (κ2) is 5.68. The van der Waals surface area contributed by atoms with Crippen LogP contribution in [0.3, 0.4) is 0 Å². The standard InChI is InChI=1S/C11H17FN2O/c1-2-14(7-10(13)8-15)11-5-3-9(12)4-6-11/h3-6,10,15H,2,7-8,13H2,1H3. The highest BCUT2D eigenvalue weighted by Gasteiger charge is 2.08. The van der Waals surface area contributed by atoms with Crippen molar-refractivity contribution < 1.29 is 9.50 Å². The van der Waals surface area contributed by atoms with E-state index >= 15 is 0 Å². The van der Waals surface area contributed by atoms with Gasteiger partial charge >= 0.3 is 0 Å². The van der Waals surface area contributed by atoms with Crippen LogP contribution in [0.25, 0.3) is 0 Å². The molecule has 0 bridgehead atoms. The van der Waals surface area contributed by atoms with Crippen LogP contribution in [-0.2, 0) is 0 Å². The number of hydrogen-bond acceptors (Lipinski definition) is 3. The quantitative estimate of drug-likeness (QED) is 0.764. The first-order valence-corrected chi connectivity index (χ1v) is 5.04. The summed E-state index contributed by atoms with van der Waals surface area (Å²) in [5.74, 6) is -0.249. The topological polar surface area (TPSA) is 49.5 Å². The van der Waals surface area contributed by atoms with Crippen molar-refractivity contribution in [3.05, 3.63) is 30.1 Å². The Morgan fingerprint density at radius 1 is 1.40 bits per heavy atom. The zero-order valence-corrected chi connectivity index (χ0v) is 8.86. The van der Waals surface area contributed by atoms with Gasteiger partial charge in [-0.1, -0.05) is 0 Å². The number of aliphatic hydroxyl groups is 1. The van der Waals surface area contributed by atoms with Gasteiger partial charge in [-0.3, -0.25) is 0 Å². The van der Waals surface area contributed by atoms with Crippen LogP contribution in [0, 0.1) is 5.82 Å². The number of anilines is 1. The van der Waals surface area contributed by atoms with Crippen molar-refractivity contribution in [2.24, 2.45) is 5.73 Å². The number of rotatable bonds is 5. The Morgan fingerprint density at radius 2 is 2.00 bits per heavy atom. The van der Waals surface area contributed by atoms with Crippen molar-refractivity contribution in [2.45, 2.75) is 13.0 Å². The molecule has 0 aliphatic heterocycles. The average Bonchev–Trinajstić information content (AvgIpc) is 2.27. The molecule has 0 fully saturated rings. The zero-order valence-electron chi connectivity index (χ0n) is 8.86. The highest BCUT2D eigenvalue weighted by atomic mass is 19.1. The van der Waals surface area contributed by atoms with Gasteiger partial charge in [0, 0.05) is 24.8 Å². The molecule has 0 aliphatic rings. The van der Waals surface area contributed by atoms with Crippen molar-refractivity contribution in [1.29, 1.82) is 0 Å². The minimum absolute atomic E-state index is 0.0440. The van der Waals surface area contributed by atoms with Gasteiger partial charge in [-0.15, -0.1) is 0 Å². The van der Waals surface area contributed by atoms with Gasteiger partial charge < -0.3 is 15.7 Å². The van der Waals surface area contributed by atoms with Crippen LogP contribution in [0.1, 0.15) is 6.92 Å². The third-order valence-corrected chi connectivity index (χ3v) is 2.26. The second-order valence-corrected chi connectivity index (χ2v) is 3.46. The summed E-state index contributed by atoms with van der Waals surface area (Å²) in [4.78, 5) is 2.00. The third-order valence-electron chi connectivity index (χ3n) is 2.26. The summed E-state index contributed by atoms with van der Waals surface area (Å²) in [5, 5.41) is 8.86. The molecule has 1 unspecified atom stereocenters. The fourth-order valence-electron chi connectivity index (χ4n) is 1.41. The first kappa shape index (κ1) is 11.9. The molecule has 1 aromatic rings. The summed E-state index contributed by atoms with van der Waals surface area (Å²) in [5.41, 5.74) is 6.57. The molecule has 0 radical (unpaired) electrons. The van der Waals surface area contributed by atoms with Gasteiger partial charge in [-0.2, -0.15) is 0 Å². The van der Waals surface area contributed by atoms with Crippen molar-refractivity contribution in [2.75, 3.05) is 24.6 Å². The molecule has 1 rings (SSSR count). The molecule has 0 saturated carbocycles. The van der Waals surface area contributed by atoms with Gasteiger partial charge in [0.15, 0.2) is 0 Å². The van der Waals surface area contributed by atoms with E-state index in [1.54, 1.807) is 12.1 Å². The van der Waals surface area contributed by atoms with E-state index in [-0.39, 0.29) is 18.5 Å². The number of likely N-dealkylation sites (N-methyl/N-ethyl adjacent to an activating group) is 1. The molecule has 0 spiro atoms. The van der Waals surface area contributed by atoms with Crippen LogP contribution >= 0.6 is 0 Å². The highest BCUT2D eigenvalue weighted by Crippen LogP contribution is 2.14. The lowest BCUT2D eigenvalue weighted by Gasteiger charge is -2.25. The van der Waals surface area contributed by atoms with E-state index in [0.717, 1.165) is 12.2 Å². The fraction of sp³-hybridized carbons (Fsp3) is 0.455. The van der Waals surface area contributed by atoms with Gasteiger partial charge in [-0.05, 0) is 31.2 Å². The van der Waals surface area contributed by atoms with Crippen LogP contribution in [0.2, 0.25) is 0 Å². The predicted octanol–water partition coefficient (Wildman–Crippen LogP) is 0.972. The van der Waals surface area contributed by atoms with Crippen molar-refractivity contribution >= 4 is 5.69 Å². The number of aliphatic hydroxyl groups excluding tert-OH is 1. The van der Waals surface area contributed by atoms with Gasteiger partial charge in [0.1, 0.15) is 5.82 Å². The van der Waals surface area contributed by atoms with E-state index in [9.17, 15) is 4.39 Å². The number of benzene rings is 1. The third kappa shape index (κ3) is 3.49. The molecule has 3 nitrogen and oxygen atoms in total. The minimum Gasteiger partial charge on any atom is -0.395 e. The molecule has 0 amide bonds. The van der Waals surface area contributed by atoms with E-state index in [2.05, 4.69) is 0 Å². The Morgan fingerprint density at radius 3 is 2.47 bits per heavy atom. The molecule has 1 aromatic carbocycles.